The van der Waals surface area contributed by atoms with Crippen LogP contribution in [0.3, 0.4) is 0 Å². The average Bonchev–Trinajstić information content (AvgIpc) is 2.76. The zero-order chi connectivity index (χ0) is 15.5. The van der Waals surface area contributed by atoms with Crippen LogP contribution in [0.1, 0.15) is 16.8 Å². The predicted octanol–water partition coefficient (Wildman–Crippen LogP) is 4.10. The van der Waals surface area contributed by atoms with Gasteiger partial charge in [0, 0.05) is 5.38 Å². The van der Waals surface area contributed by atoms with Crippen molar-refractivity contribution in [3.63, 3.8) is 0 Å². The molecule has 21 heavy (non-hydrogen) atoms. The van der Waals surface area contributed by atoms with E-state index in [0.29, 0.717) is 16.3 Å². The van der Waals surface area contributed by atoms with E-state index in [9.17, 15) is 13.2 Å². The number of aromatic nitrogens is 1. The van der Waals surface area contributed by atoms with E-state index in [1.165, 1.54) is 35.8 Å². The maximum atomic E-state index is 12.1. The second-order valence-electron chi connectivity index (χ2n) is 4.23. The van der Waals surface area contributed by atoms with Crippen LogP contribution in [-0.2, 0) is 0 Å². The van der Waals surface area contributed by atoms with Crippen LogP contribution in [-0.4, -0.2) is 17.6 Å². The number of rotatable bonds is 4. The molecule has 8 heteroatoms. The number of alkyl halides is 3. The van der Waals surface area contributed by atoms with Gasteiger partial charge >= 0.3 is 6.36 Å². The molecule has 0 fully saturated rings. The summed E-state index contributed by atoms with van der Waals surface area (Å²) in [5.41, 5.74) is 4.96. The van der Waals surface area contributed by atoms with E-state index in [-0.39, 0.29) is 5.75 Å². The molecule has 0 aliphatic rings. The minimum atomic E-state index is -4.69. The lowest BCUT2D eigenvalue weighted by molar-refractivity contribution is -0.274. The molecule has 0 amide bonds. The van der Waals surface area contributed by atoms with Gasteiger partial charge in [0.15, 0.2) is 0 Å². The van der Waals surface area contributed by atoms with Crippen molar-refractivity contribution in [2.24, 2.45) is 5.10 Å². The van der Waals surface area contributed by atoms with Crippen molar-refractivity contribution < 1.29 is 17.9 Å². The zero-order valence-corrected chi connectivity index (χ0v) is 12.0. The third-order valence-corrected chi connectivity index (χ3v) is 3.32. The summed E-state index contributed by atoms with van der Waals surface area (Å²) in [7, 11) is 0. The van der Waals surface area contributed by atoms with E-state index in [4.69, 9.17) is 0 Å². The average molecular weight is 315 g/mol. The number of anilines is 1. The van der Waals surface area contributed by atoms with E-state index >= 15 is 0 Å². The molecule has 2 rings (SSSR count). The van der Waals surface area contributed by atoms with Gasteiger partial charge in [-0.25, -0.2) is 4.98 Å². The van der Waals surface area contributed by atoms with Crippen LogP contribution in [0, 0.1) is 13.8 Å². The summed E-state index contributed by atoms with van der Waals surface area (Å²) in [4.78, 5) is 4.17. The smallest absolute Gasteiger partial charge is 0.406 e. The van der Waals surface area contributed by atoms with Gasteiger partial charge in [-0.15, -0.1) is 24.5 Å². The summed E-state index contributed by atoms with van der Waals surface area (Å²) in [6, 6.07) is 4.06. The Bertz CT molecular complexity index is 652. The summed E-state index contributed by atoms with van der Waals surface area (Å²) in [5.74, 6) is -0.249. The van der Waals surface area contributed by atoms with Crippen LogP contribution in [0.4, 0.5) is 18.3 Å². The minimum Gasteiger partial charge on any atom is -0.406 e. The number of nitrogens with one attached hydrogen (secondary N) is 1. The molecule has 1 heterocycles. The first-order chi connectivity index (χ1) is 9.83. The van der Waals surface area contributed by atoms with E-state index < -0.39 is 6.36 Å². The normalized spacial score (nSPS) is 11.9. The molecule has 0 saturated carbocycles. The summed E-state index contributed by atoms with van der Waals surface area (Å²) >= 11 is 1.42. The number of aryl methyl sites for hydroxylation is 2. The van der Waals surface area contributed by atoms with Crippen LogP contribution < -0.4 is 10.2 Å². The van der Waals surface area contributed by atoms with Gasteiger partial charge in [0.05, 0.1) is 11.9 Å². The first-order valence-corrected chi connectivity index (χ1v) is 6.79. The molecule has 1 aromatic heterocycles. The van der Waals surface area contributed by atoms with Crippen LogP contribution in [0.2, 0.25) is 0 Å². The number of nitrogens with zero attached hydrogens (tertiary/aromatic N) is 2. The number of halogens is 3. The molecular formula is C13H12F3N3OS. The van der Waals surface area contributed by atoms with Crippen molar-refractivity contribution in [2.75, 3.05) is 5.43 Å². The number of thiazole rings is 1. The van der Waals surface area contributed by atoms with Crippen LogP contribution in [0.25, 0.3) is 0 Å². The Morgan fingerprint density at radius 3 is 2.67 bits per heavy atom. The van der Waals surface area contributed by atoms with Crippen molar-refractivity contribution in [2.45, 2.75) is 20.2 Å². The molecule has 0 spiro atoms. The highest BCUT2D eigenvalue weighted by atomic mass is 32.1. The summed E-state index contributed by atoms with van der Waals surface area (Å²) in [6.07, 6.45) is -3.17. The molecule has 4 nitrogen and oxygen atoms in total. The van der Waals surface area contributed by atoms with E-state index in [1.807, 2.05) is 12.3 Å². The quantitative estimate of drug-likeness (QED) is 0.682. The Labute approximate surface area is 123 Å². The molecule has 0 unspecified atom stereocenters. The zero-order valence-electron chi connectivity index (χ0n) is 11.2. The monoisotopic (exact) mass is 315 g/mol. The largest absolute Gasteiger partial charge is 0.573 e. The number of benzene rings is 1. The van der Waals surface area contributed by atoms with Gasteiger partial charge in [-0.3, -0.25) is 5.43 Å². The molecule has 0 aliphatic carbocycles. The molecule has 2 aromatic rings. The molecule has 0 bridgehead atoms. The van der Waals surface area contributed by atoms with Crippen molar-refractivity contribution in [3.05, 3.63) is 40.4 Å². The maximum absolute atomic E-state index is 12.1. The van der Waals surface area contributed by atoms with Crippen LogP contribution in [0.15, 0.2) is 28.7 Å². The van der Waals surface area contributed by atoms with Crippen LogP contribution in [0.5, 0.6) is 5.75 Å². The molecule has 1 N–H and O–H groups in total. The van der Waals surface area contributed by atoms with Gasteiger partial charge in [-0.05, 0) is 43.2 Å². The van der Waals surface area contributed by atoms with E-state index in [0.717, 1.165) is 5.69 Å². The number of hydrazone groups is 1. The SMILES string of the molecule is Cc1csc(NN=Cc2ccc(OC(F)(F)F)cc2C)n1. The van der Waals surface area contributed by atoms with Crippen molar-refractivity contribution in [3.8, 4) is 5.75 Å². The molecule has 0 atom stereocenters. The lowest BCUT2D eigenvalue weighted by Crippen LogP contribution is -2.17. The second-order valence-corrected chi connectivity index (χ2v) is 5.09. The molecule has 112 valence electrons. The fourth-order valence-electron chi connectivity index (χ4n) is 1.55. The molecular weight excluding hydrogens is 303 g/mol. The topological polar surface area (TPSA) is 46.5 Å². The number of hydrogen-bond donors (Lipinski definition) is 1. The van der Waals surface area contributed by atoms with Gasteiger partial charge in [0.25, 0.3) is 0 Å². The Balaban J connectivity index is 2.03. The highest BCUT2D eigenvalue weighted by molar-refractivity contribution is 7.13. The second kappa shape index (κ2) is 6.13. The highest BCUT2D eigenvalue weighted by Gasteiger charge is 2.31. The van der Waals surface area contributed by atoms with Gasteiger partial charge in [0.2, 0.25) is 5.13 Å². The first-order valence-electron chi connectivity index (χ1n) is 5.91. The molecule has 0 radical (unpaired) electrons. The molecule has 0 saturated heterocycles. The minimum absolute atomic E-state index is 0.249. The van der Waals surface area contributed by atoms with Crippen molar-refractivity contribution in [1.29, 1.82) is 0 Å². The fraction of sp³-hybridized carbons (Fsp3) is 0.231. The Morgan fingerprint density at radius 2 is 2.10 bits per heavy atom. The highest BCUT2D eigenvalue weighted by Crippen LogP contribution is 2.24. The standard InChI is InChI=1S/C13H12F3N3OS/c1-8-5-11(20-13(14,15)16)4-3-10(8)6-17-19-12-18-9(2)7-21-12/h3-7H,1-2H3,(H,18,19). The summed E-state index contributed by atoms with van der Waals surface area (Å²) < 4.78 is 40.2. The Hall–Kier alpha value is -2.09. The number of hydrogen-bond acceptors (Lipinski definition) is 5. The Morgan fingerprint density at radius 1 is 1.33 bits per heavy atom. The van der Waals surface area contributed by atoms with Gasteiger partial charge < -0.3 is 4.74 Å². The fourth-order valence-corrected chi connectivity index (χ4v) is 2.19. The lowest BCUT2D eigenvalue weighted by atomic mass is 10.1. The third kappa shape index (κ3) is 4.75. The van der Waals surface area contributed by atoms with Gasteiger partial charge in [-0.2, -0.15) is 5.10 Å². The predicted molar refractivity (Wildman–Crippen MR) is 75.9 cm³/mol. The van der Waals surface area contributed by atoms with Gasteiger partial charge in [-0.1, -0.05) is 0 Å². The summed E-state index contributed by atoms with van der Waals surface area (Å²) in [6.45, 7) is 3.55. The van der Waals surface area contributed by atoms with Crippen LogP contribution >= 0.6 is 11.3 Å². The van der Waals surface area contributed by atoms with Gasteiger partial charge in [0.1, 0.15) is 5.75 Å². The first kappa shape index (κ1) is 15.3. The van der Waals surface area contributed by atoms with E-state index in [1.54, 1.807) is 6.92 Å². The Kier molecular flexibility index (Phi) is 4.46. The molecule has 0 aliphatic heterocycles. The maximum Gasteiger partial charge on any atom is 0.573 e. The van der Waals surface area contributed by atoms with Crippen molar-refractivity contribution in [1.82, 2.24) is 4.98 Å². The molecule has 1 aromatic carbocycles. The lowest BCUT2D eigenvalue weighted by Gasteiger charge is -2.10. The van der Waals surface area contributed by atoms with Crippen molar-refractivity contribution >= 4 is 22.7 Å². The third-order valence-electron chi connectivity index (χ3n) is 2.46. The number of ether oxygens (including phenoxy) is 1. The van der Waals surface area contributed by atoms with E-state index in [2.05, 4.69) is 20.2 Å². The summed E-state index contributed by atoms with van der Waals surface area (Å²) in [5, 5.41) is 6.53.